The van der Waals surface area contributed by atoms with Crippen LogP contribution in [0.15, 0.2) is 23.0 Å². The largest absolute Gasteiger partial charge is 0.351 e. The monoisotopic (exact) mass is 453 g/mol. The maximum atomic E-state index is 12.4. The second-order valence-corrected chi connectivity index (χ2v) is 9.47. The van der Waals surface area contributed by atoms with Gasteiger partial charge >= 0.3 is 0 Å². The van der Waals surface area contributed by atoms with Crippen molar-refractivity contribution in [3.05, 3.63) is 60.4 Å². The third kappa shape index (κ3) is 4.22. The number of aryl methyl sites for hydroxylation is 2. The SMILES string of the molecule is O=C(CSCc1nc2sc3c(c2c(=O)[nH]1)CCC3)NCc1ccc(Cl)cc1Cl. The normalized spacial score (nSPS) is 13.1. The molecule has 0 saturated carbocycles. The van der Waals surface area contributed by atoms with E-state index < -0.39 is 0 Å². The van der Waals surface area contributed by atoms with Crippen LogP contribution in [0.5, 0.6) is 0 Å². The molecule has 1 aromatic carbocycles. The number of carbonyl (C=O) groups is 1. The highest BCUT2D eigenvalue weighted by Gasteiger charge is 2.21. The summed E-state index contributed by atoms with van der Waals surface area (Å²) in [7, 11) is 0. The zero-order chi connectivity index (χ0) is 19.7. The average Bonchev–Trinajstić information content (AvgIpc) is 3.21. The number of carbonyl (C=O) groups excluding carboxylic acids is 1. The van der Waals surface area contributed by atoms with E-state index in [0.717, 1.165) is 35.0 Å². The van der Waals surface area contributed by atoms with Gasteiger partial charge in [0, 0.05) is 21.5 Å². The Labute approximate surface area is 179 Å². The van der Waals surface area contributed by atoms with E-state index in [0.29, 0.717) is 28.2 Å². The number of aromatic nitrogens is 2. The van der Waals surface area contributed by atoms with Crippen molar-refractivity contribution in [2.45, 2.75) is 31.6 Å². The van der Waals surface area contributed by atoms with Crippen LogP contribution >= 0.6 is 46.3 Å². The van der Waals surface area contributed by atoms with E-state index in [9.17, 15) is 9.59 Å². The minimum absolute atomic E-state index is 0.0677. The lowest BCUT2D eigenvalue weighted by Crippen LogP contribution is -2.24. The quantitative estimate of drug-likeness (QED) is 0.582. The Bertz CT molecular complexity index is 1110. The first-order chi connectivity index (χ1) is 13.5. The molecule has 2 heterocycles. The van der Waals surface area contributed by atoms with Crippen molar-refractivity contribution in [3.8, 4) is 0 Å². The van der Waals surface area contributed by atoms with Crippen molar-refractivity contribution in [3.63, 3.8) is 0 Å². The Hall–Kier alpha value is -1.54. The van der Waals surface area contributed by atoms with Gasteiger partial charge in [-0.3, -0.25) is 9.59 Å². The highest BCUT2D eigenvalue weighted by molar-refractivity contribution is 7.99. The minimum atomic E-state index is -0.102. The lowest BCUT2D eigenvalue weighted by atomic mass is 10.2. The van der Waals surface area contributed by atoms with Gasteiger partial charge in [0.05, 0.1) is 16.9 Å². The maximum absolute atomic E-state index is 12.4. The van der Waals surface area contributed by atoms with Crippen LogP contribution in [0, 0.1) is 0 Å². The van der Waals surface area contributed by atoms with Gasteiger partial charge in [0.15, 0.2) is 0 Å². The Kier molecular flexibility index (Phi) is 5.96. The van der Waals surface area contributed by atoms with Crippen molar-refractivity contribution in [2.75, 3.05) is 5.75 Å². The lowest BCUT2D eigenvalue weighted by molar-refractivity contribution is -0.118. The molecule has 0 spiro atoms. The lowest BCUT2D eigenvalue weighted by Gasteiger charge is -2.07. The molecule has 0 bridgehead atoms. The molecule has 0 radical (unpaired) electrons. The van der Waals surface area contributed by atoms with Crippen molar-refractivity contribution in [2.24, 2.45) is 0 Å². The number of nitrogens with one attached hydrogen (secondary N) is 2. The molecule has 5 nitrogen and oxygen atoms in total. The van der Waals surface area contributed by atoms with E-state index in [1.165, 1.54) is 22.2 Å². The van der Waals surface area contributed by atoms with Gasteiger partial charge in [-0.2, -0.15) is 0 Å². The van der Waals surface area contributed by atoms with Gasteiger partial charge < -0.3 is 10.3 Å². The van der Waals surface area contributed by atoms with Crippen LogP contribution < -0.4 is 10.9 Å². The predicted molar refractivity (Wildman–Crippen MR) is 117 cm³/mol. The molecule has 1 aliphatic carbocycles. The molecule has 2 N–H and O–H groups in total. The Balaban J connectivity index is 1.32. The van der Waals surface area contributed by atoms with Crippen LogP contribution in [0.2, 0.25) is 10.0 Å². The second kappa shape index (κ2) is 8.45. The molecule has 4 rings (SSSR count). The van der Waals surface area contributed by atoms with Gasteiger partial charge in [-0.25, -0.2) is 4.98 Å². The number of rotatable bonds is 6. The van der Waals surface area contributed by atoms with Crippen LogP contribution in [-0.2, 0) is 29.9 Å². The fourth-order valence-electron chi connectivity index (χ4n) is 3.27. The van der Waals surface area contributed by atoms with Gasteiger partial charge in [-0.15, -0.1) is 23.1 Å². The van der Waals surface area contributed by atoms with Crippen LogP contribution in [0.1, 0.15) is 28.2 Å². The molecule has 146 valence electrons. The Morgan fingerprint density at radius 1 is 1.32 bits per heavy atom. The summed E-state index contributed by atoms with van der Waals surface area (Å²) < 4.78 is 0. The molecule has 9 heteroatoms. The number of hydrogen-bond donors (Lipinski definition) is 2. The first-order valence-electron chi connectivity index (χ1n) is 8.83. The topological polar surface area (TPSA) is 74.8 Å². The third-order valence-corrected chi connectivity index (χ3v) is 7.30. The highest BCUT2D eigenvalue weighted by atomic mass is 35.5. The van der Waals surface area contributed by atoms with Crippen molar-refractivity contribution >= 4 is 62.4 Å². The number of amides is 1. The zero-order valence-corrected chi connectivity index (χ0v) is 18.0. The predicted octanol–water partition coefficient (Wildman–Crippen LogP) is 4.33. The van der Waals surface area contributed by atoms with Crippen LogP contribution in [0.25, 0.3) is 10.2 Å². The minimum Gasteiger partial charge on any atom is -0.351 e. The summed E-state index contributed by atoms with van der Waals surface area (Å²) in [6.45, 7) is 0.344. The first-order valence-corrected chi connectivity index (χ1v) is 11.6. The smallest absolute Gasteiger partial charge is 0.259 e. The van der Waals surface area contributed by atoms with E-state index in [4.69, 9.17) is 23.2 Å². The standard InChI is InChI=1S/C19H17Cl2N3O2S2/c20-11-5-4-10(13(21)6-11)7-22-16(25)9-27-8-15-23-18(26)17-12-2-1-3-14(12)28-19(17)24-15/h4-6H,1-3,7-9H2,(H,22,25)(H,23,24,26). The summed E-state index contributed by atoms with van der Waals surface area (Å²) in [6, 6.07) is 5.18. The van der Waals surface area contributed by atoms with Crippen LogP contribution in [0.4, 0.5) is 0 Å². The number of H-pyrrole nitrogens is 1. The number of nitrogens with zero attached hydrogens (tertiary/aromatic N) is 1. The average molecular weight is 454 g/mol. The summed E-state index contributed by atoms with van der Waals surface area (Å²) in [5.74, 6) is 1.25. The Morgan fingerprint density at radius 3 is 3.00 bits per heavy atom. The number of thioether (sulfide) groups is 1. The van der Waals surface area contributed by atoms with Crippen LogP contribution in [0.3, 0.4) is 0 Å². The van der Waals surface area contributed by atoms with E-state index in [-0.39, 0.29) is 17.2 Å². The van der Waals surface area contributed by atoms with Crippen molar-refractivity contribution < 1.29 is 4.79 Å². The molecular formula is C19H17Cl2N3O2S2. The molecule has 0 saturated heterocycles. The molecule has 3 aromatic rings. The summed E-state index contributed by atoms with van der Waals surface area (Å²) in [5, 5.41) is 4.68. The highest BCUT2D eigenvalue weighted by Crippen LogP contribution is 2.34. The number of aromatic amines is 1. The van der Waals surface area contributed by atoms with E-state index in [2.05, 4.69) is 15.3 Å². The molecule has 1 amide bonds. The maximum Gasteiger partial charge on any atom is 0.259 e. The fourth-order valence-corrected chi connectivity index (χ4v) is 5.74. The molecule has 0 fully saturated rings. The van der Waals surface area contributed by atoms with Gasteiger partial charge in [0.25, 0.3) is 5.56 Å². The molecule has 2 aromatic heterocycles. The summed E-state index contributed by atoms with van der Waals surface area (Å²) in [4.78, 5) is 34.1. The number of fused-ring (bicyclic) bond motifs is 3. The summed E-state index contributed by atoms with van der Waals surface area (Å²) in [5.41, 5.74) is 1.92. The third-order valence-electron chi connectivity index (χ3n) is 4.59. The fraction of sp³-hybridized carbons (Fsp3) is 0.316. The summed E-state index contributed by atoms with van der Waals surface area (Å²) in [6.07, 6.45) is 3.12. The number of halogens is 2. The van der Waals surface area contributed by atoms with Crippen molar-refractivity contribution in [1.82, 2.24) is 15.3 Å². The van der Waals surface area contributed by atoms with E-state index >= 15 is 0 Å². The molecule has 28 heavy (non-hydrogen) atoms. The number of thiophene rings is 1. The van der Waals surface area contributed by atoms with Gasteiger partial charge in [-0.05, 0) is 42.5 Å². The zero-order valence-electron chi connectivity index (χ0n) is 14.8. The Morgan fingerprint density at radius 2 is 2.18 bits per heavy atom. The summed E-state index contributed by atoms with van der Waals surface area (Å²) >= 11 is 15.0. The second-order valence-electron chi connectivity index (χ2n) is 6.56. The van der Waals surface area contributed by atoms with Gasteiger partial charge in [0.1, 0.15) is 10.7 Å². The molecule has 1 aliphatic rings. The van der Waals surface area contributed by atoms with Gasteiger partial charge in [0.2, 0.25) is 5.91 Å². The number of hydrogen-bond acceptors (Lipinski definition) is 5. The molecule has 0 unspecified atom stereocenters. The van der Waals surface area contributed by atoms with Crippen LogP contribution in [-0.4, -0.2) is 21.6 Å². The van der Waals surface area contributed by atoms with Crippen molar-refractivity contribution in [1.29, 1.82) is 0 Å². The molecule has 0 aliphatic heterocycles. The van der Waals surface area contributed by atoms with E-state index in [1.54, 1.807) is 29.5 Å². The molecular weight excluding hydrogens is 437 g/mol. The number of benzene rings is 1. The van der Waals surface area contributed by atoms with E-state index in [1.807, 2.05) is 0 Å². The van der Waals surface area contributed by atoms with Gasteiger partial charge in [-0.1, -0.05) is 29.3 Å². The molecule has 0 atom stereocenters. The first kappa shape index (κ1) is 19.8.